The predicted molar refractivity (Wildman–Crippen MR) is 58.4 cm³/mol. The highest BCUT2D eigenvalue weighted by molar-refractivity contribution is 5.35. The van der Waals surface area contributed by atoms with Crippen molar-refractivity contribution in [3.05, 3.63) is 34.9 Å². The second-order valence-electron chi connectivity index (χ2n) is 4.71. The molecular weight excluding hydrogens is 172 g/mol. The van der Waals surface area contributed by atoms with Crippen LogP contribution in [0.25, 0.3) is 0 Å². The van der Waals surface area contributed by atoms with Crippen molar-refractivity contribution in [1.82, 2.24) is 0 Å². The lowest BCUT2D eigenvalue weighted by Crippen LogP contribution is -2.12. The third-order valence-corrected chi connectivity index (χ3v) is 3.49. The van der Waals surface area contributed by atoms with E-state index < -0.39 is 0 Å². The number of rotatable bonds is 3. The van der Waals surface area contributed by atoms with Gasteiger partial charge in [0, 0.05) is 6.61 Å². The Balaban J connectivity index is 2.24. The summed E-state index contributed by atoms with van der Waals surface area (Å²) in [6, 6.07) is 6.43. The largest absolute Gasteiger partial charge is 0.396 e. The molecule has 0 heterocycles. The Hall–Kier alpha value is -0.820. The smallest absolute Gasteiger partial charge is 0.0490 e. The van der Waals surface area contributed by atoms with Crippen LogP contribution < -0.4 is 0 Å². The van der Waals surface area contributed by atoms with Gasteiger partial charge in [-0.3, -0.25) is 0 Å². The lowest BCUT2D eigenvalue weighted by molar-refractivity contribution is 0.211. The Kier molecular flexibility index (Phi) is 2.36. The van der Waals surface area contributed by atoms with Crippen LogP contribution in [0, 0.1) is 19.3 Å². The third kappa shape index (κ3) is 1.69. The van der Waals surface area contributed by atoms with E-state index in [1.54, 1.807) is 0 Å². The van der Waals surface area contributed by atoms with Crippen LogP contribution >= 0.6 is 0 Å². The molecule has 2 rings (SSSR count). The van der Waals surface area contributed by atoms with Gasteiger partial charge in [0.15, 0.2) is 0 Å². The minimum Gasteiger partial charge on any atom is -0.396 e. The van der Waals surface area contributed by atoms with Crippen LogP contribution in [-0.4, -0.2) is 11.7 Å². The van der Waals surface area contributed by atoms with Gasteiger partial charge in [0.2, 0.25) is 0 Å². The molecule has 1 fully saturated rings. The summed E-state index contributed by atoms with van der Waals surface area (Å²) in [5.74, 6) is 0. The number of aliphatic hydroxyl groups is 1. The molecule has 0 unspecified atom stereocenters. The molecule has 1 aromatic rings. The Bertz CT molecular complexity index is 317. The first-order valence-electron chi connectivity index (χ1n) is 5.33. The molecule has 0 radical (unpaired) electrons. The second kappa shape index (κ2) is 3.39. The number of hydrogen-bond acceptors (Lipinski definition) is 1. The van der Waals surface area contributed by atoms with Gasteiger partial charge in [-0.15, -0.1) is 0 Å². The molecule has 0 atom stereocenters. The summed E-state index contributed by atoms with van der Waals surface area (Å²) in [5.41, 5.74) is 4.41. The van der Waals surface area contributed by atoms with Crippen LogP contribution in [0.15, 0.2) is 18.2 Å². The molecule has 1 saturated carbocycles. The minimum atomic E-state index is 0.233. The van der Waals surface area contributed by atoms with E-state index in [1.807, 2.05) is 0 Å². The zero-order valence-electron chi connectivity index (χ0n) is 9.01. The number of aliphatic hydroxyl groups excluding tert-OH is 1. The Morgan fingerprint density at radius 3 is 2.21 bits per heavy atom. The molecule has 0 spiro atoms. The highest BCUT2D eigenvalue weighted by Gasteiger charge is 2.42. The molecule has 1 aromatic carbocycles. The maximum absolute atomic E-state index is 9.30. The molecule has 0 amide bonds. The Labute approximate surface area is 85.8 Å². The molecule has 1 aliphatic carbocycles. The van der Waals surface area contributed by atoms with Gasteiger partial charge >= 0.3 is 0 Å². The first-order valence-corrected chi connectivity index (χ1v) is 5.33. The van der Waals surface area contributed by atoms with Crippen molar-refractivity contribution < 1.29 is 5.11 Å². The standard InChI is InChI=1S/C13H18O/c1-10-4-3-5-11(2)12(10)8-13(9-14)6-7-13/h3-5,14H,6-9H2,1-2H3. The number of benzene rings is 1. The van der Waals surface area contributed by atoms with E-state index in [0.29, 0.717) is 6.61 Å². The zero-order valence-corrected chi connectivity index (χ0v) is 9.01. The van der Waals surface area contributed by atoms with Crippen LogP contribution in [0.4, 0.5) is 0 Å². The molecule has 1 N–H and O–H groups in total. The highest BCUT2D eigenvalue weighted by Crippen LogP contribution is 2.48. The second-order valence-corrected chi connectivity index (χ2v) is 4.71. The van der Waals surface area contributed by atoms with Gasteiger partial charge in [-0.1, -0.05) is 18.2 Å². The van der Waals surface area contributed by atoms with Crippen LogP contribution in [-0.2, 0) is 6.42 Å². The Morgan fingerprint density at radius 1 is 1.21 bits per heavy atom. The van der Waals surface area contributed by atoms with E-state index in [9.17, 15) is 5.11 Å². The van der Waals surface area contributed by atoms with Crippen molar-refractivity contribution >= 4 is 0 Å². The maximum atomic E-state index is 9.30. The molecule has 0 aromatic heterocycles. The lowest BCUT2D eigenvalue weighted by Gasteiger charge is -2.15. The van der Waals surface area contributed by atoms with E-state index >= 15 is 0 Å². The summed E-state index contributed by atoms with van der Waals surface area (Å²) >= 11 is 0. The number of aryl methyl sites for hydroxylation is 2. The van der Waals surface area contributed by atoms with Gasteiger partial charge in [-0.2, -0.15) is 0 Å². The monoisotopic (exact) mass is 190 g/mol. The summed E-state index contributed by atoms with van der Waals surface area (Å²) < 4.78 is 0. The van der Waals surface area contributed by atoms with E-state index in [4.69, 9.17) is 0 Å². The molecule has 0 aliphatic heterocycles. The van der Waals surface area contributed by atoms with Crippen LogP contribution in [0.2, 0.25) is 0 Å². The van der Waals surface area contributed by atoms with Crippen LogP contribution in [0.1, 0.15) is 29.5 Å². The van der Waals surface area contributed by atoms with Gasteiger partial charge in [0.05, 0.1) is 0 Å². The summed E-state index contributed by atoms with van der Waals surface area (Å²) in [7, 11) is 0. The minimum absolute atomic E-state index is 0.233. The van der Waals surface area contributed by atoms with Crippen LogP contribution in [0.3, 0.4) is 0 Å². The normalized spacial score (nSPS) is 18.2. The van der Waals surface area contributed by atoms with E-state index in [0.717, 1.165) is 6.42 Å². The summed E-state index contributed by atoms with van der Waals surface area (Å²) in [6.45, 7) is 4.67. The fraction of sp³-hybridized carbons (Fsp3) is 0.538. The van der Waals surface area contributed by atoms with Gasteiger partial charge in [0.1, 0.15) is 0 Å². The van der Waals surface area contributed by atoms with Crippen molar-refractivity contribution in [2.24, 2.45) is 5.41 Å². The lowest BCUT2D eigenvalue weighted by atomic mass is 9.91. The van der Waals surface area contributed by atoms with Gasteiger partial charge in [-0.05, 0) is 55.2 Å². The predicted octanol–water partition coefficient (Wildman–Crippen LogP) is 2.62. The van der Waals surface area contributed by atoms with Crippen molar-refractivity contribution in [2.75, 3.05) is 6.61 Å². The third-order valence-electron chi connectivity index (χ3n) is 3.49. The molecule has 1 nitrogen and oxygen atoms in total. The highest BCUT2D eigenvalue weighted by atomic mass is 16.3. The SMILES string of the molecule is Cc1cccc(C)c1CC1(CO)CC1. The molecular formula is C13H18O. The van der Waals surface area contributed by atoms with E-state index in [2.05, 4.69) is 32.0 Å². The van der Waals surface area contributed by atoms with Crippen LogP contribution in [0.5, 0.6) is 0 Å². The summed E-state index contributed by atoms with van der Waals surface area (Å²) in [6.07, 6.45) is 3.44. The van der Waals surface area contributed by atoms with Gasteiger partial charge in [0.25, 0.3) is 0 Å². The molecule has 0 saturated heterocycles. The summed E-state index contributed by atoms with van der Waals surface area (Å²) in [4.78, 5) is 0. The van der Waals surface area contributed by atoms with Gasteiger partial charge in [-0.25, -0.2) is 0 Å². The zero-order chi connectivity index (χ0) is 10.2. The fourth-order valence-corrected chi connectivity index (χ4v) is 2.07. The van der Waals surface area contributed by atoms with Crippen molar-refractivity contribution in [2.45, 2.75) is 33.1 Å². The molecule has 76 valence electrons. The topological polar surface area (TPSA) is 20.2 Å². The molecule has 1 aliphatic rings. The van der Waals surface area contributed by atoms with Gasteiger partial charge < -0.3 is 5.11 Å². The van der Waals surface area contributed by atoms with Crippen molar-refractivity contribution in [3.63, 3.8) is 0 Å². The Morgan fingerprint density at radius 2 is 1.79 bits per heavy atom. The first kappa shape index (κ1) is 9.72. The maximum Gasteiger partial charge on any atom is 0.0490 e. The van der Waals surface area contributed by atoms with E-state index in [1.165, 1.54) is 29.5 Å². The average molecular weight is 190 g/mol. The van der Waals surface area contributed by atoms with Crippen molar-refractivity contribution in [3.8, 4) is 0 Å². The van der Waals surface area contributed by atoms with E-state index in [-0.39, 0.29) is 5.41 Å². The number of hydrogen-bond donors (Lipinski definition) is 1. The van der Waals surface area contributed by atoms with Crippen molar-refractivity contribution in [1.29, 1.82) is 0 Å². The molecule has 14 heavy (non-hydrogen) atoms. The fourth-order valence-electron chi connectivity index (χ4n) is 2.07. The average Bonchev–Trinajstić information content (AvgIpc) is 2.93. The summed E-state index contributed by atoms with van der Waals surface area (Å²) in [5, 5.41) is 9.30. The molecule has 1 heteroatoms. The first-order chi connectivity index (χ1) is 6.67. The molecule has 0 bridgehead atoms. The quantitative estimate of drug-likeness (QED) is 0.776.